The van der Waals surface area contributed by atoms with Crippen molar-refractivity contribution in [2.45, 2.75) is 20.5 Å². The first kappa shape index (κ1) is 22.8. The second kappa shape index (κ2) is 11.5. The third kappa shape index (κ3) is 5.99. The van der Waals surface area contributed by atoms with E-state index in [0.29, 0.717) is 13.0 Å². The molecule has 0 aliphatic heterocycles. The average Bonchev–Trinajstić information content (AvgIpc) is 2.79. The molecule has 158 valence electrons. The van der Waals surface area contributed by atoms with Gasteiger partial charge in [0.1, 0.15) is 18.1 Å². The first-order valence-corrected chi connectivity index (χ1v) is 9.58. The van der Waals surface area contributed by atoms with Crippen LogP contribution in [0, 0.1) is 13.8 Å². The predicted molar refractivity (Wildman–Crippen MR) is 122 cm³/mol. The highest BCUT2D eigenvalue weighted by Gasteiger charge is 2.08. The van der Waals surface area contributed by atoms with Gasteiger partial charge in [0.2, 0.25) is 6.41 Å². The summed E-state index contributed by atoms with van der Waals surface area (Å²) in [6.07, 6.45) is 0.403. The molecule has 0 fully saturated rings. The van der Waals surface area contributed by atoms with Crippen LogP contribution in [-0.4, -0.2) is 20.6 Å². The lowest BCUT2D eigenvalue weighted by Crippen LogP contribution is -2.18. The third-order valence-corrected chi connectivity index (χ3v) is 4.72. The van der Waals surface area contributed by atoms with Gasteiger partial charge in [0.05, 0.1) is 7.11 Å². The Balaban J connectivity index is 0.000000735. The van der Waals surface area contributed by atoms with Crippen molar-refractivity contribution in [2.75, 3.05) is 19.5 Å². The molecule has 3 aromatic rings. The van der Waals surface area contributed by atoms with Crippen LogP contribution in [0.2, 0.25) is 0 Å². The number of nitrogens with one attached hydrogen (secondary N) is 2. The van der Waals surface area contributed by atoms with Gasteiger partial charge in [-0.05, 0) is 66.4 Å². The van der Waals surface area contributed by atoms with Gasteiger partial charge in [0, 0.05) is 18.3 Å². The minimum atomic E-state index is 0.403. The molecular weight excluding hydrogens is 378 g/mol. The van der Waals surface area contributed by atoms with E-state index in [1.807, 2.05) is 31.3 Å². The molecule has 4 N–H and O–H groups in total. The van der Waals surface area contributed by atoms with Crippen molar-refractivity contribution in [3.05, 3.63) is 77.4 Å². The van der Waals surface area contributed by atoms with Gasteiger partial charge in [-0.1, -0.05) is 30.3 Å². The van der Waals surface area contributed by atoms with Crippen molar-refractivity contribution in [1.29, 1.82) is 0 Å². The van der Waals surface area contributed by atoms with E-state index in [2.05, 4.69) is 61.4 Å². The number of ether oxygens (including phenoxy) is 2. The summed E-state index contributed by atoms with van der Waals surface area (Å²) in [7, 11) is 3.62. The lowest BCUT2D eigenvalue weighted by Gasteiger charge is -2.15. The fourth-order valence-corrected chi connectivity index (χ4v) is 3.08. The van der Waals surface area contributed by atoms with Gasteiger partial charge in [0.15, 0.2) is 0 Å². The van der Waals surface area contributed by atoms with Crippen molar-refractivity contribution in [3.63, 3.8) is 0 Å². The van der Waals surface area contributed by atoms with E-state index in [9.17, 15) is 0 Å². The third-order valence-electron chi connectivity index (χ3n) is 4.72. The van der Waals surface area contributed by atoms with Gasteiger partial charge in [-0.2, -0.15) is 0 Å². The second-order valence-electron chi connectivity index (χ2n) is 6.63. The van der Waals surface area contributed by atoms with Crippen molar-refractivity contribution in [3.8, 4) is 22.6 Å². The fraction of sp³-hybridized carbons (Fsp3) is 0.208. The molecule has 1 amide bonds. The molecule has 0 aliphatic rings. The van der Waals surface area contributed by atoms with Gasteiger partial charge in [-0.3, -0.25) is 10.2 Å². The molecule has 0 atom stereocenters. The van der Waals surface area contributed by atoms with E-state index in [-0.39, 0.29) is 0 Å². The summed E-state index contributed by atoms with van der Waals surface area (Å²) >= 11 is 0. The van der Waals surface area contributed by atoms with Crippen LogP contribution in [-0.2, 0) is 11.4 Å². The molecule has 30 heavy (non-hydrogen) atoms. The molecule has 6 nitrogen and oxygen atoms in total. The molecule has 6 heteroatoms. The Kier molecular flexibility index (Phi) is 8.72. The number of carbonyl (C=O) groups excluding carboxylic acids is 1. The summed E-state index contributed by atoms with van der Waals surface area (Å²) in [6, 6.07) is 20.6. The number of carbonyl (C=O) groups is 1. The van der Waals surface area contributed by atoms with Crippen LogP contribution in [0.25, 0.3) is 11.1 Å². The van der Waals surface area contributed by atoms with Crippen LogP contribution in [0.3, 0.4) is 0 Å². The monoisotopic (exact) mass is 407 g/mol. The second-order valence-corrected chi connectivity index (χ2v) is 6.63. The normalized spacial score (nSPS) is 9.77. The van der Waals surface area contributed by atoms with E-state index in [1.54, 1.807) is 12.5 Å². The van der Waals surface area contributed by atoms with Crippen LogP contribution in [0.4, 0.5) is 5.69 Å². The van der Waals surface area contributed by atoms with Gasteiger partial charge in [-0.25, -0.2) is 5.84 Å². The van der Waals surface area contributed by atoms with Crippen LogP contribution < -0.4 is 26.1 Å². The summed E-state index contributed by atoms with van der Waals surface area (Å²) < 4.78 is 11.5. The number of benzene rings is 3. The van der Waals surface area contributed by atoms with E-state index in [1.165, 1.54) is 16.7 Å². The lowest BCUT2D eigenvalue weighted by atomic mass is 10.00. The highest BCUT2D eigenvalue weighted by molar-refractivity contribution is 5.70. The Bertz CT molecular complexity index is 974. The number of rotatable bonds is 7. The van der Waals surface area contributed by atoms with Gasteiger partial charge < -0.3 is 14.8 Å². The van der Waals surface area contributed by atoms with Gasteiger partial charge in [-0.15, -0.1) is 0 Å². The smallest absolute Gasteiger partial charge is 0.221 e. The maximum absolute atomic E-state index is 8.94. The molecule has 0 radical (unpaired) electrons. The molecule has 0 unspecified atom stereocenters. The standard InChI is InChI=1S/C23H25NO2.CH4N2O/c1-16-7-5-10-23(24-3)22(16)15-26-20-12-11-17(2)21(14-20)18-8-6-9-19(13-18)25-4;2-3-1-4/h5-14,24H,15H2,1-4H3;1H,2H2,(H,3,4). The molecule has 0 saturated heterocycles. The van der Waals surface area contributed by atoms with Crippen molar-refractivity contribution < 1.29 is 14.3 Å². The van der Waals surface area contributed by atoms with Crippen LogP contribution in [0.15, 0.2) is 60.7 Å². The molecule has 0 aliphatic carbocycles. The summed E-state index contributed by atoms with van der Waals surface area (Å²) in [5.41, 5.74) is 8.73. The Morgan fingerprint density at radius 1 is 0.967 bits per heavy atom. The SMILES string of the molecule is CNc1cccc(C)c1COc1ccc(C)c(-c2cccc(OC)c2)c1.NNC=O. The topological polar surface area (TPSA) is 85.6 Å². The zero-order valence-corrected chi connectivity index (χ0v) is 17.9. The van der Waals surface area contributed by atoms with E-state index in [4.69, 9.17) is 14.3 Å². The largest absolute Gasteiger partial charge is 0.497 e. The highest BCUT2D eigenvalue weighted by atomic mass is 16.5. The minimum Gasteiger partial charge on any atom is -0.497 e. The Labute approximate surface area is 178 Å². The zero-order valence-electron chi connectivity index (χ0n) is 17.9. The van der Waals surface area contributed by atoms with Crippen LogP contribution >= 0.6 is 0 Å². The van der Waals surface area contributed by atoms with E-state index in [0.717, 1.165) is 28.3 Å². The number of hydrogen-bond acceptors (Lipinski definition) is 5. The Morgan fingerprint density at radius 3 is 2.37 bits per heavy atom. The van der Waals surface area contributed by atoms with Crippen LogP contribution in [0.5, 0.6) is 11.5 Å². The van der Waals surface area contributed by atoms with E-state index < -0.39 is 0 Å². The molecule has 3 aromatic carbocycles. The number of aryl methyl sites for hydroxylation is 2. The van der Waals surface area contributed by atoms with Crippen molar-refractivity contribution >= 4 is 12.1 Å². The first-order chi connectivity index (χ1) is 14.5. The summed E-state index contributed by atoms with van der Waals surface area (Å²) in [4.78, 5) is 8.94. The molecule has 0 bridgehead atoms. The number of anilines is 1. The zero-order chi connectivity index (χ0) is 21.9. The lowest BCUT2D eigenvalue weighted by molar-refractivity contribution is -0.109. The van der Waals surface area contributed by atoms with E-state index >= 15 is 0 Å². The average molecular weight is 408 g/mol. The summed E-state index contributed by atoms with van der Waals surface area (Å²) in [5, 5.41) is 3.24. The first-order valence-electron chi connectivity index (χ1n) is 9.58. The summed E-state index contributed by atoms with van der Waals surface area (Å²) in [6.45, 7) is 4.75. The van der Waals surface area contributed by atoms with Gasteiger partial charge in [0.25, 0.3) is 0 Å². The number of hydrogen-bond donors (Lipinski definition) is 3. The van der Waals surface area contributed by atoms with Crippen LogP contribution in [0.1, 0.15) is 16.7 Å². The van der Waals surface area contributed by atoms with Crippen molar-refractivity contribution in [2.24, 2.45) is 5.84 Å². The fourth-order valence-electron chi connectivity index (χ4n) is 3.08. The molecule has 0 aromatic heterocycles. The maximum Gasteiger partial charge on any atom is 0.221 e. The molecule has 3 rings (SSSR count). The van der Waals surface area contributed by atoms with Gasteiger partial charge >= 0.3 is 0 Å². The molecular formula is C24H29N3O3. The minimum absolute atomic E-state index is 0.403. The number of methoxy groups -OCH3 is 1. The maximum atomic E-state index is 8.94. The number of nitrogens with two attached hydrogens (primary N) is 1. The Morgan fingerprint density at radius 2 is 1.70 bits per heavy atom. The number of hydrazine groups is 1. The Hall–Kier alpha value is -3.51. The number of amides is 1. The van der Waals surface area contributed by atoms with Crippen molar-refractivity contribution in [1.82, 2.24) is 5.43 Å². The molecule has 0 spiro atoms. The molecule has 0 saturated carbocycles. The highest BCUT2D eigenvalue weighted by Crippen LogP contribution is 2.31. The summed E-state index contributed by atoms with van der Waals surface area (Å²) in [5.74, 6) is 6.12. The quantitative estimate of drug-likeness (QED) is 0.236. The predicted octanol–water partition coefficient (Wildman–Crippen LogP) is 4.21. The molecule has 0 heterocycles.